The summed E-state index contributed by atoms with van der Waals surface area (Å²) in [6.45, 7) is 3.92. The van der Waals surface area contributed by atoms with Crippen molar-refractivity contribution < 1.29 is 22.6 Å². The zero-order valence-electron chi connectivity index (χ0n) is 16.0. The lowest BCUT2D eigenvalue weighted by Gasteiger charge is -2.38. The molecule has 1 atom stereocenters. The van der Waals surface area contributed by atoms with E-state index in [1.807, 2.05) is 26.0 Å². The molecule has 0 bridgehead atoms. The van der Waals surface area contributed by atoms with Gasteiger partial charge in [-0.3, -0.25) is 0 Å². The van der Waals surface area contributed by atoms with Crippen LogP contribution >= 0.6 is 23.8 Å². The van der Waals surface area contributed by atoms with E-state index in [1.54, 1.807) is 13.2 Å². The number of thiocarbonyl (C=S) groups is 1. The Morgan fingerprint density at radius 2 is 1.97 bits per heavy atom. The van der Waals surface area contributed by atoms with E-state index in [-0.39, 0.29) is 21.9 Å². The number of halogens is 4. The van der Waals surface area contributed by atoms with Gasteiger partial charge in [0.25, 0.3) is 0 Å². The van der Waals surface area contributed by atoms with E-state index >= 15 is 0 Å². The molecule has 2 aromatic carbocycles. The average molecular weight is 445 g/mol. The van der Waals surface area contributed by atoms with E-state index in [1.165, 1.54) is 12.1 Å². The predicted octanol–water partition coefficient (Wildman–Crippen LogP) is 5.96. The minimum Gasteiger partial charge on any atom is -0.497 e. The van der Waals surface area contributed by atoms with Gasteiger partial charge >= 0.3 is 6.18 Å². The first-order valence-electron chi connectivity index (χ1n) is 8.80. The van der Waals surface area contributed by atoms with Gasteiger partial charge in [0.05, 0.1) is 23.7 Å². The second kappa shape index (κ2) is 7.91. The summed E-state index contributed by atoms with van der Waals surface area (Å²) in [7, 11) is 1.57. The highest BCUT2D eigenvalue weighted by Crippen LogP contribution is 2.41. The van der Waals surface area contributed by atoms with Crippen LogP contribution in [-0.2, 0) is 6.18 Å². The molecule has 0 aliphatic carbocycles. The van der Waals surface area contributed by atoms with Crippen LogP contribution in [0.3, 0.4) is 0 Å². The molecule has 3 rings (SSSR count). The van der Waals surface area contributed by atoms with Crippen LogP contribution in [-0.4, -0.2) is 17.8 Å². The molecule has 156 valence electrons. The first kappa shape index (κ1) is 21.5. The standard InChI is InChI=1S/C20H20ClF3N2O2S/c1-19(2)10-16(13-9-12(27-3)5-7-17(13)28-19)26-18(29)25-11-4-6-15(21)14(8-11)20(22,23)24/h4-9,16H,10H2,1-3H3,(H2,25,26,29)/t16-/m0/s1. The Morgan fingerprint density at radius 1 is 1.24 bits per heavy atom. The first-order chi connectivity index (χ1) is 13.5. The SMILES string of the molecule is COc1ccc2c(c1)[C@@H](NC(=S)Nc1ccc(Cl)c(C(F)(F)F)c1)CC(C)(C)O2. The van der Waals surface area contributed by atoms with Crippen LogP contribution in [0.15, 0.2) is 36.4 Å². The lowest BCUT2D eigenvalue weighted by molar-refractivity contribution is -0.137. The summed E-state index contributed by atoms with van der Waals surface area (Å²) in [5, 5.41) is 5.80. The van der Waals surface area contributed by atoms with Crippen LogP contribution in [0.4, 0.5) is 18.9 Å². The molecule has 4 nitrogen and oxygen atoms in total. The third-order valence-electron chi connectivity index (χ3n) is 4.51. The molecule has 0 amide bonds. The minimum absolute atomic E-state index is 0.191. The van der Waals surface area contributed by atoms with Gasteiger partial charge in [0.1, 0.15) is 17.1 Å². The fourth-order valence-electron chi connectivity index (χ4n) is 3.23. The Hall–Kier alpha value is -2.19. The number of hydrogen-bond donors (Lipinski definition) is 2. The monoisotopic (exact) mass is 444 g/mol. The van der Waals surface area contributed by atoms with E-state index in [0.717, 1.165) is 11.6 Å². The second-order valence-corrected chi connectivity index (χ2v) is 8.13. The quantitative estimate of drug-likeness (QED) is 0.572. The smallest absolute Gasteiger partial charge is 0.417 e. The van der Waals surface area contributed by atoms with E-state index < -0.39 is 17.3 Å². The van der Waals surface area contributed by atoms with Crippen LogP contribution in [0.25, 0.3) is 0 Å². The number of benzene rings is 2. The summed E-state index contributed by atoms with van der Waals surface area (Å²) in [5.74, 6) is 1.37. The number of rotatable bonds is 3. The zero-order valence-corrected chi connectivity index (χ0v) is 17.6. The fourth-order valence-corrected chi connectivity index (χ4v) is 3.72. The van der Waals surface area contributed by atoms with Gasteiger partial charge in [0.15, 0.2) is 5.11 Å². The molecular weight excluding hydrogens is 425 g/mol. The number of fused-ring (bicyclic) bond motifs is 1. The summed E-state index contributed by atoms with van der Waals surface area (Å²) < 4.78 is 50.5. The lowest BCUT2D eigenvalue weighted by atomic mass is 9.89. The highest BCUT2D eigenvalue weighted by atomic mass is 35.5. The zero-order chi connectivity index (χ0) is 21.4. The molecular formula is C20H20ClF3N2O2S. The van der Waals surface area contributed by atoms with Gasteiger partial charge in [-0.1, -0.05) is 11.6 Å². The first-order valence-corrected chi connectivity index (χ1v) is 9.58. The van der Waals surface area contributed by atoms with Gasteiger partial charge in [0.2, 0.25) is 0 Å². The van der Waals surface area contributed by atoms with Gasteiger partial charge in [-0.15, -0.1) is 0 Å². The third-order valence-corrected chi connectivity index (χ3v) is 5.06. The van der Waals surface area contributed by atoms with Gasteiger partial charge < -0.3 is 20.1 Å². The van der Waals surface area contributed by atoms with Crippen molar-refractivity contribution in [3.63, 3.8) is 0 Å². The summed E-state index contributed by atoms with van der Waals surface area (Å²) in [5.41, 5.74) is -0.316. The van der Waals surface area contributed by atoms with Crippen LogP contribution in [0.2, 0.25) is 5.02 Å². The third kappa shape index (κ3) is 5.05. The number of alkyl halides is 3. The highest BCUT2D eigenvalue weighted by molar-refractivity contribution is 7.80. The summed E-state index contributed by atoms with van der Waals surface area (Å²) >= 11 is 11.0. The molecule has 0 unspecified atom stereocenters. The van der Waals surface area contributed by atoms with Crippen LogP contribution < -0.4 is 20.1 Å². The van der Waals surface area contributed by atoms with Crippen molar-refractivity contribution in [3.8, 4) is 11.5 Å². The van der Waals surface area contributed by atoms with Gasteiger partial charge in [0, 0.05) is 17.7 Å². The molecule has 2 aromatic rings. The molecule has 2 N–H and O–H groups in total. The molecule has 0 saturated heterocycles. The molecule has 0 spiro atoms. The topological polar surface area (TPSA) is 42.5 Å². The summed E-state index contributed by atoms with van der Waals surface area (Å²) in [6.07, 6.45) is -3.95. The molecule has 9 heteroatoms. The second-order valence-electron chi connectivity index (χ2n) is 7.31. The Balaban J connectivity index is 1.81. The average Bonchev–Trinajstić information content (AvgIpc) is 2.61. The van der Waals surface area contributed by atoms with Crippen molar-refractivity contribution in [1.29, 1.82) is 0 Å². The maximum atomic E-state index is 13.1. The van der Waals surface area contributed by atoms with E-state index in [0.29, 0.717) is 17.9 Å². The fraction of sp³-hybridized carbons (Fsp3) is 0.350. The minimum atomic E-state index is -4.55. The molecule has 1 heterocycles. The number of ether oxygens (including phenoxy) is 2. The lowest BCUT2D eigenvalue weighted by Crippen LogP contribution is -2.42. The van der Waals surface area contributed by atoms with E-state index in [2.05, 4.69) is 10.6 Å². The van der Waals surface area contributed by atoms with Crippen LogP contribution in [0.5, 0.6) is 11.5 Å². The van der Waals surface area contributed by atoms with Gasteiger partial charge in [-0.25, -0.2) is 0 Å². The van der Waals surface area contributed by atoms with Crippen molar-refractivity contribution in [2.45, 2.75) is 38.1 Å². The molecule has 0 saturated carbocycles. The normalized spacial score (nSPS) is 17.7. The van der Waals surface area contributed by atoms with E-state index in [4.69, 9.17) is 33.3 Å². The van der Waals surface area contributed by atoms with Crippen molar-refractivity contribution in [1.82, 2.24) is 5.32 Å². The summed E-state index contributed by atoms with van der Waals surface area (Å²) in [6, 6.07) is 8.84. The molecule has 1 aliphatic heterocycles. The van der Waals surface area contributed by atoms with Crippen molar-refractivity contribution in [3.05, 3.63) is 52.5 Å². The van der Waals surface area contributed by atoms with Gasteiger partial charge in [-0.2, -0.15) is 13.2 Å². The maximum absolute atomic E-state index is 13.1. The van der Waals surface area contributed by atoms with Gasteiger partial charge in [-0.05, 0) is 62.5 Å². The van der Waals surface area contributed by atoms with Crippen LogP contribution in [0, 0.1) is 0 Å². The van der Waals surface area contributed by atoms with Crippen molar-refractivity contribution >= 4 is 34.6 Å². The van der Waals surface area contributed by atoms with Crippen molar-refractivity contribution in [2.75, 3.05) is 12.4 Å². The van der Waals surface area contributed by atoms with Crippen LogP contribution in [0.1, 0.15) is 37.4 Å². The molecule has 0 aromatic heterocycles. The Kier molecular flexibility index (Phi) is 5.87. The van der Waals surface area contributed by atoms with E-state index in [9.17, 15) is 13.2 Å². The molecule has 29 heavy (non-hydrogen) atoms. The molecule has 0 fully saturated rings. The predicted molar refractivity (Wildman–Crippen MR) is 111 cm³/mol. The molecule has 0 radical (unpaired) electrons. The highest BCUT2D eigenvalue weighted by Gasteiger charge is 2.35. The largest absolute Gasteiger partial charge is 0.497 e. The number of anilines is 1. The Labute approximate surface area is 177 Å². The number of hydrogen-bond acceptors (Lipinski definition) is 3. The number of methoxy groups -OCH3 is 1. The Bertz CT molecular complexity index is 934. The number of nitrogens with one attached hydrogen (secondary N) is 2. The maximum Gasteiger partial charge on any atom is 0.417 e. The van der Waals surface area contributed by atoms with Crippen molar-refractivity contribution in [2.24, 2.45) is 0 Å². The molecule has 1 aliphatic rings. The Morgan fingerprint density at radius 3 is 2.62 bits per heavy atom. The summed E-state index contributed by atoms with van der Waals surface area (Å²) in [4.78, 5) is 0.